The van der Waals surface area contributed by atoms with Gasteiger partial charge in [-0.25, -0.2) is 12.8 Å². The van der Waals surface area contributed by atoms with Crippen molar-refractivity contribution in [2.75, 3.05) is 26.2 Å². The normalized spacial score (nSPS) is 28.2. The van der Waals surface area contributed by atoms with E-state index in [9.17, 15) is 12.8 Å². The number of likely N-dealkylation sites (tertiary alicyclic amines) is 1. The minimum atomic E-state index is -3.34. The Kier molecular flexibility index (Phi) is 5.25. The molecule has 2 aromatic carbocycles. The summed E-state index contributed by atoms with van der Waals surface area (Å²) in [6, 6.07) is 14.2. The predicted molar refractivity (Wildman–Crippen MR) is 108 cm³/mol. The van der Waals surface area contributed by atoms with Crippen LogP contribution in [0.1, 0.15) is 23.5 Å². The number of benzene rings is 2. The van der Waals surface area contributed by atoms with E-state index >= 15 is 0 Å². The van der Waals surface area contributed by atoms with Gasteiger partial charge in [-0.05, 0) is 53.5 Å². The molecule has 0 unspecified atom stereocenters. The quantitative estimate of drug-likeness (QED) is 0.757. The van der Waals surface area contributed by atoms with Gasteiger partial charge in [-0.2, -0.15) is 4.31 Å². The van der Waals surface area contributed by atoms with Gasteiger partial charge >= 0.3 is 0 Å². The predicted octanol–water partition coefficient (Wildman–Crippen LogP) is 3.49. The van der Waals surface area contributed by atoms with Gasteiger partial charge < -0.3 is 4.90 Å². The molecule has 0 radical (unpaired) electrons. The van der Waals surface area contributed by atoms with Crippen molar-refractivity contribution in [1.29, 1.82) is 0 Å². The molecule has 28 heavy (non-hydrogen) atoms. The van der Waals surface area contributed by atoms with Gasteiger partial charge in [0.15, 0.2) is 0 Å². The molecule has 2 fully saturated rings. The van der Waals surface area contributed by atoms with Crippen molar-refractivity contribution in [3.05, 3.63) is 65.5 Å². The molecule has 2 aliphatic heterocycles. The lowest BCUT2D eigenvalue weighted by atomic mass is 9.64. The zero-order valence-electron chi connectivity index (χ0n) is 15.5. The second-order valence-corrected chi connectivity index (χ2v) is 9.93. The third-order valence-corrected chi connectivity index (χ3v) is 8.49. The molecule has 4 nitrogen and oxygen atoms in total. The van der Waals surface area contributed by atoms with Crippen molar-refractivity contribution < 1.29 is 12.8 Å². The van der Waals surface area contributed by atoms with E-state index in [1.807, 2.05) is 24.3 Å². The maximum Gasteiger partial charge on any atom is 0.243 e. The van der Waals surface area contributed by atoms with E-state index in [0.29, 0.717) is 35.7 Å². The van der Waals surface area contributed by atoms with E-state index in [2.05, 4.69) is 4.90 Å². The zero-order chi connectivity index (χ0) is 18.6. The minimum absolute atomic E-state index is 0. The average Bonchev–Trinajstić information content (AvgIpc) is 3.10. The number of nitrogens with zero attached hydrogens (tertiary/aromatic N) is 2. The Labute approximate surface area is 171 Å². The highest BCUT2D eigenvalue weighted by atomic mass is 35.5. The SMILES string of the molecule is Cl.O=S1(=O)c2ccccc2CN1CCN1C[C@H]2C[C@H](c3ccc(F)cc3)[C@H]2C1. The number of sulfonamides is 1. The lowest BCUT2D eigenvalue weighted by Gasteiger charge is -2.40. The Morgan fingerprint density at radius 2 is 1.75 bits per heavy atom. The first-order valence-corrected chi connectivity index (χ1v) is 11.0. The fraction of sp³-hybridized carbons (Fsp3) is 0.429. The van der Waals surface area contributed by atoms with Crippen LogP contribution >= 0.6 is 12.4 Å². The lowest BCUT2D eigenvalue weighted by Crippen LogP contribution is -2.34. The molecule has 2 heterocycles. The highest BCUT2D eigenvalue weighted by Gasteiger charge is 2.47. The van der Waals surface area contributed by atoms with E-state index in [-0.39, 0.29) is 18.2 Å². The monoisotopic (exact) mass is 422 g/mol. The minimum Gasteiger partial charge on any atom is -0.301 e. The van der Waals surface area contributed by atoms with Gasteiger partial charge in [-0.1, -0.05) is 30.3 Å². The summed E-state index contributed by atoms with van der Waals surface area (Å²) in [5.41, 5.74) is 2.13. The van der Waals surface area contributed by atoms with Crippen molar-refractivity contribution >= 4 is 22.4 Å². The Morgan fingerprint density at radius 3 is 2.50 bits per heavy atom. The first kappa shape index (κ1) is 19.8. The summed E-state index contributed by atoms with van der Waals surface area (Å²) in [5, 5.41) is 0. The summed E-state index contributed by atoms with van der Waals surface area (Å²) < 4.78 is 40.1. The van der Waals surface area contributed by atoms with E-state index in [0.717, 1.165) is 31.6 Å². The molecule has 1 aliphatic carbocycles. The second-order valence-electron chi connectivity index (χ2n) is 8.02. The summed E-state index contributed by atoms with van der Waals surface area (Å²) in [5.74, 6) is 1.63. The lowest BCUT2D eigenvalue weighted by molar-refractivity contribution is 0.191. The van der Waals surface area contributed by atoms with Gasteiger partial charge in [0.1, 0.15) is 5.82 Å². The van der Waals surface area contributed by atoms with Crippen LogP contribution in [0.5, 0.6) is 0 Å². The molecular weight excluding hydrogens is 399 g/mol. The van der Waals surface area contributed by atoms with Crippen LogP contribution in [-0.2, 0) is 16.6 Å². The Hall–Kier alpha value is -1.47. The number of halogens is 2. The van der Waals surface area contributed by atoms with Crippen LogP contribution in [0.3, 0.4) is 0 Å². The zero-order valence-corrected chi connectivity index (χ0v) is 17.1. The number of rotatable bonds is 4. The molecule has 0 amide bonds. The molecule has 3 aliphatic rings. The number of fused-ring (bicyclic) bond motifs is 2. The van der Waals surface area contributed by atoms with Crippen LogP contribution in [0.4, 0.5) is 4.39 Å². The van der Waals surface area contributed by atoms with Crippen molar-refractivity contribution in [3.8, 4) is 0 Å². The van der Waals surface area contributed by atoms with Gasteiger partial charge in [0.25, 0.3) is 0 Å². The first-order chi connectivity index (χ1) is 13.0. The summed E-state index contributed by atoms with van der Waals surface area (Å²) in [7, 11) is -3.34. The van der Waals surface area contributed by atoms with E-state index in [1.165, 1.54) is 5.56 Å². The van der Waals surface area contributed by atoms with Crippen molar-refractivity contribution in [2.24, 2.45) is 11.8 Å². The summed E-state index contributed by atoms with van der Waals surface area (Å²) in [6.45, 7) is 3.85. The Morgan fingerprint density at radius 1 is 1.00 bits per heavy atom. The molecule has 3 atom stereocenters. The molecule has 0 aromatic heterocycles. The second kappa shape index (κ2) is 7.41. The van der Waals surface area contributed by atoms with Crippen molar-refractivity contribution in [3.63, 3.8) is 0 Å². The van der Waals surface area contributed by atoms with Gasteiger partial charge in [0, 0.05) is 32.7 Å². The number of hydrogen-bond acceptors (Lipinski definition) is 3. The maximum absolute atomic E-state index is 13.1. The smallest absolute Gasteiger partial charge is 0.243 e. The average molecular weight is 423 g/mol. The van der Waals surface area contributed by atoms with Gasteiger partial charge in [-0.15, -0.1) is 12.4 Å². The topological polar surface area (TPSA) is 40.6 Å². The van der Waals surface area contributed by atoms with Gasteiger partial charge in [0.2, 0.25) is 10.0 Å². The maximum atomic E-state index is 13.1. The molecule has 0 spiro atoms. The molecule has 1 saturated carbocycles. The number of hydrogen-bond donors (Lipinski definition) is 0. The molecule has 0 bridgehead atoms. The van der Waals surface area contributed by atoms with Crippen LogP contribution in [0.25, 0.3) is 0 Å². The summed E-state index contributed by atoms with van der Waals surface area (Å²) in [6.07, 6.45) is 1.15. The van der Waals surface area contributed by atoms with Crippen LogP contribution in [-0.4, -0.2) is 43.8 Å². The summed E-state index contributed by atoms with van der Waals surface area (Å²) >= 11 is 0. The summed E-state index contributed by atoms with van der Waals surface area (Å²) in [4.78, 5) is 2.86. The molecule has 1 saturated heterocycles. The first-order valence-electron chi connectivity index (χ1n) is 9.58. The van der Waals surface area contributed by atoms with E-state index < -0.39 is 10.0 Å². The largest absolute Gasteiger partial charge is 0.301 e. The van der Waals surface area contributed by atoms with E-state index in [4.69, 9.17) is 0 Å². The Bertz CT molecular complexity index is 967. The highest BCUT2D eigenvalue weighted by molar-refractivity contribution is 7.89. The third-order valence-electron chi connectivity index (χ3n) is 6.54. The molecular formula is C21H24ClFN2O2S. The molecule has 0 N–H and O–H groups in total. The van der Waals surface area contributed by atoms with Crippen LogP contribution in [0, 0.1) is 17.7 Å². The van der Waals surface area contributed by atoms with Crippen molar-refractivity contribution in [2.45, 2.75) is 23.8 Å². The van der Waals surface area contributed by atoms with Crippen LogP contribution in [0.15, 0.2) is 53.4 Å². The van der Waals surface area contributed by atoms with Crippen LogP contribution < -0.4 is 0 Å². The molecule has 7 heteroatoms. The van der Waals surface area contributed by atoms with Crippen molar-refractivity contribution in [1.82, 2.24) is 9.21 Å². The Balaban J connectivity index is 0.00000192. The van der Waals surface area contributed by atoms with Gasteiger partial charge in [-0.3, -0.25) is 0 Å². The van der Waals surface area contributed by atoms with E-state index in [1.54, 1.807) is 28.6 Å². The highest BCUT2D eigenvalue weighted by Crippen LogP contribution is 2.51. The fourth-order valence-electron chi connectivity index (χ4n) is 5.03. The molecule has 2 aromatic rings. The standard InChI is InChI=1S/C21H23FN2O2S.ClH/c22-18-7-5-15(6-8-18)19-11-17-12-23(14-20(17)19)9-10-24-13-16-3-1-2-4-21(16)27(24,25)26;/h1-8,17,19-20H,9-14H2;1H/t17-,19-,20+;/m1./s1. The molecule has 5 rings (SSSR count). The fourth-order valence-corrected chi connectivity index (χ4v) is 6.65. The van der Waals surface area contributed by atoms with Crippen LogP contribution in [0.2, 0.25) is 0 Å². The molecule has 150 valence electrons. The van der Waals surface area contributed by atoms with Gasteiger partial charge in [0.05, 0.1) is 4.90 Å². The third kappa shape index (κ3) is 3.26.